The van der Waals surface area contributed by atoms with Gasteiger partial charge in [-0.15, -0.1) is 0 Å². The zero-order valence-electron chi connectivity index (χ0n) is 21.0. The molecule has 0 amide bonds. The summed E-state index contributed by atoms with van der Waals surface area (Å²) in [5.41, 5.74) is 1.94. The van der Waals surface area contributed by atoms with Crippen molar-refractivity contribution in [2.75, 3.05) is 0 Å². The Morgan fingerprint density at radius 3 is 2.33 bits per heavy atom. The third-order valence-electron chi connectivity index (χ3n) is 7.52. The summed E-state index contributed by atoms with van der Waals surface area (Å²) in [5.74, 6) is 8.72. The van der Waals surface area contributed by atoms with E-state index in [4.69, 9.17) is 4.74 Å². The Morgan fingerprint density at radius 2 is 1.67 bits per heavy atom. The maximum atomic E-state index is 12.5. The molecule has 180 valence electrons. The minimum absolute atomic E-state index is 0.0360. The zero-order chi connectivity index (χ0) is 23.3. The van der Waals surface area contributed by atoms with E-state index in [2.05, 4.69) is 37.8 Å². The number of carbonyl (C=O) groups is 1. The molecule has 2 saturated carbocycles. The van der Waals surface area contributed by atoms with Crippen LogP contribution in [0, 0.1) is 29.6 Å². The molecule has 2 nitrogen and oxygen atoms in total. The molecule has 2 aliphatic rings. The first-order valence-electron chi connectivity index (χ1n) is 13.7. The molecule has 0 aliphatic heterocycles. The molecule has 0 N–H and O–H groups in total. The Morgan fingerprint density at radius 1 is 0.939 bits per heavy atom. The van der Waals surface area contributed by atoms with Crippen LogP contribution in [0.2, 0.25) is 0 Å². The molecule has 3 rings (SSSR count). The van der Waals surface area contributed by atoms with Gasteiger partial charge in [-0.05, 0) is 93.4 Å². The lowest BCUT2D eigenvalue weighted by Crippen LogP contribution is -2.24. The van der Waals surface area contributed by atoms with Crippen LogP contribution in [0.1, 0.15) is 113 Å². The summed E-state index contributed by atoms with van der Waals surface area (Å²) >= 11 is 0. The lowest BCUT2D eigenvalue weighted by Gasteiger charge is -2.26. The highest BCUT2D eigenvalue weighted by molar-refractivity contribution is 5.89. The summed E-state index contributed by atoms with van der Waals surface area (Å²) < 4.78 is 5.77. The van der Waals surface area contributed by atoms with Crippen LogP contribution in [-0.2, 0) is 11.2 Å². The molecule has 0 heterocycles. The number of aryl methyl sites for hydroxylation is 1. The first kappa shape index (κ1) is 25.6. The van der Waals surface area contributed by atoms with Gasteiger partial charge in [0.25, 0.3) is 0 Å². The van der Waals surface area contributed by atoms with Crippen molar-refractivity contribution in [2.45, 2.75) is 110 Å². The van der Waals surface area contributed by atoms with Crippen LogP contribution in [0.25, 0.3) is 0 Å². The van der Waals surface area contributed by atoms with Crippen molar-refractivity contribution in [3.05, 3.63) is 47.5 Å². The topological polar surface area (TPSA) is 26.3 Å². The van der Waals surface area contributed by atoms with Crippen LogP contribution < -0.4 is 0 Å². The van der Waals surface area contributed by atoms with Crippen LogP contribution in [0.15, 0.2) is 36.4 Å². The second kappa shape index (κ2) is 14.3. The number of esters is 1. The first-order chi connectivity index (χ1) is 16.2. The molecular formula is C31H44O2. The molecule has 2 heteroatoms. The predicted octanol–water partition coefficient (Wildman–Crippen LogP) is 8.30. The largest absolute Gasteiger partial charge is 0.459 e. The highest BCUT2D eigenvalue weighted by atomic mass is 16.5. The number of hydrogen-bond acceptors (Lipinski definition) is 2. The number of unbranched alkanes of at least 4 members (excludes halogenated alkanes) is 2. The van der Waals surface area contributed by atoms with E-state index in [0.29, 0.717) is 11.5 Å². The molecule has 1 aromatic rings. The fourth-order valence-electron chi connectivity index (χ4n) is 5.34. The minimum atomic E-state index is -0.185. The maximum absolute atomic E-state index is 12.5. The smallest absolute Gasteiger partial charge is 0.338 e. The SMILES string of the molecule is CCCCCC1CCC(C=CC#CC2CCC(OC(=O)c3ccc(CCC)cc3)CC2)CC1. The van der Waals surface area contributed by atoms with Gasteiger partial charge in [-0.1, -0.05) is 76.0 Å². The van der Waals surface area contributed by atoms with Gasteiger partial charge in [0.15, 0.2) is 0 Å². The number of hydrogen-bond donors (Lipinski definition) is 0. The molecule has 33 heavy (non-hydrogen) atoms. The van der Waals surface area contributed by atoms with E-state index in [0.717, 1.165) is 50.4 Å². The van der Waals surface area contributed by atoms with Gasteiger partial charge in [0.2, 0.25) is 0 Å². The summed E-state index contributed by atoms with van der Waals surface area (Å²) in [5, 5.41) is 0. The molecular weight excluding hydrogens is 404 g/mol. The van der Waals surface area contributed by atoms with E-state index in [1.165, 1.54) is 56.9 Å². The van der Waals surface area contributed by atoms with Crippen molar-refractivity contribution in [3.63, 3.8) is 0 Å². The van der Waals surface area contributed by atoms with Gasteiger partial charge in [-0.2, -0.15) is 0 Å². The van der Waals surface area contributed by atoms with Gasteiger partial charge < -0.3 is 4.74 Å². The summed E-state index contributed by atoms with van der Waals surface area (Å²) in [6.45, 7) is 4.46. The molecule has 0 saturated heterocycles. The Hall–Kier alpha value is -2.01. The Bertz CT molecular complexity index is 778. The monoisotopic (exact) mass is 448 g/mol. The van der Waals surface area contributed by atoms with Crippen molar-refractivity contribution < 1.29 is 9.53 Å². The standard InChI is InChI=1S/C31H44O2/c1-3-5-6-10-26-13-15-27(16-14-26)11-7-8-12-28-19-23-30(24-20-28)33-31(32)29-21-17-25(9-4-2)18-22-29/h7,11,17-18,21-22,26-28,30H,3-6,9-10,13-16,19-20,23-24H2,1-2H3. The van der Waals surface area contributed by atoms with E-state index < -0.39 is 0 Å². The Kier molecular flexibility index (Phi) is 11.1. The predicted molar refractivity (Wildman–Crippen MR) is 138 cm³/mol. The molecule has 0 aromatic heterocycles. The van der Waals surface area contributed by atoms with Gasteiger partial charge in [-0.25, -0.2) is 4.79 Å². The van der Waals surface area contributed by atoms with Crippen molar-refractivity contribution in [3.8, 4) is 11.8 Å². The second-order valence-corrected chi connectivity index (χ2v) is 10.3. The normalized spacial score (nSPS) is 25.4. The van der Waals surface area contributed by atoms with Crippen molar-refractivity contribution in [2.24, 2.45) is 17.8 Å². The third kappa shape index (κ3) is 9.04. The highest BCUT2D eigenvalue weighted by Crippen LogP contribution is 2.32. The van der Waals surface area contributed by atoms with E-state index in [1.807, 2.05) is 24.3 Å². The average molecular weight is 449 g/mol. The number of ether oxygens (including phenoxy) is 1. The second-order valence-electron chi connectivity index (χ2n) is 10.3. The van der Waals surface area contributed by atoms with Crippen molar-refractivity contribution in [1.82, 2.24) is 0 Å². The number of benzene rings is 1. The lowest BCUT2D eigenvalue weighted by molar-refractivity contribution is 0.0188. The van der Waals surface area contributed by atoms with Crippen molar-refractivity contribution >= 4 is 5.97 Å². The number of allylic oxidation sites excluding steroid dienone is 2. The zero-order valence-corrected chi connectivity index (χ0v) is 21.0. The average Bonchev–Trinajstić information content (AvgIpc) is 2.84. The highest BCUT2D eigenvalue weighted by Gasteiger charge is 2.23. The Labute approximate surface area is 202 Å². The molecule has 0 radical (unpaired) electrons. The summed E-state index contributed by atoms with van der Waals surface area (Å²) in [6, 6.07) is 7.88. The summed E-state index contributed by atoms with van der Waals surface area (Å²) in [7, 11) is 0. The third-order valence-corrected chi connectivity index (χ3v) is 7.52. The van der Waals surface area contributed by atoms with Crippen LogP contribution in [-0.4, -0.2) is 12.1 Å². The quantitative estimate of drug-likeness (QED) is 0.216. The van der Waals surface area contributed by atoms with Gasteiger partial charge in [0.05, 0.1) is 5.56 Å². The molecule has 2 fully saturated rings. The molecule has 0 atom stereocenters. The van der Waals surface area contributed by atoms with Crippen LogP contribution >= 0.6 is 0 Å². The van der Waals surface area contributed by atoms with Gasteiger partial charge in [0.1, 0.15) is 6.10 Å². The van der Waals surface area contributed by atoms with Gasteiger partial charge in [-0.3, -0.25) is 0 Å². The van der Waals surface area contributed by atoms with E-state index in [-0.39, 0.29) is 12.1 Å². The van der Waals surface area contributed by atoms with E-state index >= 15 is 0 Å². The van der Waals surface area contributed by atoms with E-state index in [1.54, 1.807) is 0 Å². The maximum Gasteiger partial charge on any atom is 0.338 e. The van der Waals surface area contributed by atoms with Gasteiger partial charge in [0, 0.05) is 5.92 Å². The fourth-order valence-corrected chi connectivity index (χ4v) is 5.34. The number of rotatable bonds is 9. The lowest BCUT2D eigenvalue weighted by atomic mass is 9.79. The van der Waals surface area contributed by atoms with Crippen molar-refractivity contribution in [1.29, 1.82) is 0 Å². The first-order valence-corrected chi connectivity index (χ1v) is 13.7. The van der Waals surface area contributed by atoms with Crippen LogP contribution in [0.3, 0.4) is 0 Å². The molecule has 0 unspecified atom stereocenters. The fraction of sp³-hybridized carbons (Fsp3) is 0.645. The molecule has 2 aliphatic carbocycles. The minimum Gasteiger partial charge on any atom is -0.459 e. The van der Waals surface area contributed by atoms with Gasteiger partial charge >= 0.3 is 5.97 Å². The summed E-state index contributed by atoms with van der Waals surface area (Å²) in [6.07, 6.45) is 21.6. The van der Waals surface area contributed by atoms with Crippen LogP contribution in [0.4, 0.5) is 0 Å². The Balaban J connectivity index is 1.32. The number of carbonyl (C=O) groups excluding carboxylic acids is 1. The van der Waals surface area contributed by atoms with Crippen LogP contribution in [0.5, 0.6) is 0 Å². The molecule has 1 aromatic carbocycles. The molecule has 0 spiro atoms. The van der Waals surface area contributed by atoms with E-state index in [9.17, 15) is 4.79 Å². The molecule has 0 bridgehead atoms. The summed E-state index contributed by atoms with van der Waals surface area (Å²) in [4.78, 5) is 12.5.